The number of hydrogen-bond donors (Lipinski definition) is 1. The first-order valence-electron chi connectivity index (χ1n) is 12.1. The van der Waals surface area contributed by atoms with E-state index in [0.717, 1.165) is 23.1 Å². The van der Waals surface area contributed by atoms with Gasteiger partial charge in [0.2, 0.25) is 11.8 Å². The molecular formula is C29H32ClFN2O2S. The van der Waals surface area contributed by atoms with E-state index in [9.17, 15) is 14.0 Å². The highest BCUT2D eigenvalue weighted by Gasteiger charge is 2.30. The molecule has 0 aliphatic carbocycles. The van der Waals surface area contributed by atoms with E-state index in [1.54, 1.807) is 23.1 Å². The monoisotopic (exact) mass is 526 g/mol. The second-order valence-corrected chi connectivity index (χ2v) is 10.2. The summed E-state index contributed by atoms with van der Waals surface area (Å²) >= 11 is 7.66. The van der Waals surface area contributed by atoms with Crippen LogP contribution in [0.1, 0.15) is 37.0 Å². The number of hydrogen-bond acceptors (Lipinski definition) is 3. The second-order valence-electron chi connectivity index (χ2n) is 8.79. The molecule has 0 aromatic heterocycles. The van der Waals surface area contributed by atoms with Crippen molar-refractivity contribution in [3.8, 4) is 0 Å². The lowest BCUT2D eigenvalue weighted by Crippen LogP contribution is -2.52. The fraction of sp³-hybridized carbons (Fsp3) is 0.310. The minimum absolute atomic E-state index is 0.00764. The molecule has 0 fully saturated rings. The Morgan fingerprint density at radius 3 is 2.33 bits per heavy atom. The summed E-state index contributed by atoms with van der Waals surface area (Å²) in [6.07, 6.45) is 1.19. The average molecular weight is 527 g/mol. The van der Waals surface area contributed by atoms with Crippen LogP contribution >= 0.6 is 23.4 Å². The Morgan fingerprint density at radius 2 is 1.67 bits per heavy atom. The molecule has 0 unspecified atom stereocenters. The molecule has 2 atom stereocenters. The summed E-state index contributed by atoms with van der Waals surface area (Å²) in [5, 5.41) is 3.65. The first-order valence-corrected chi connectivity index (χ1v) is 13.6. The number of carbonyl (C=O) groups excluding carboxylic acids is 2. The third kappa shape index (κ3) is 8.68. The highest BCUT2D eigenvalue weighted by Crippen LogP contribution is 2.20. The number of rotatable bonds is 12. The lowest BCUT2D eigenvalue weighted by molar-refractivity contribution is -0.139. The number of thioether (sulfide) groups is 1. The van der Waals surface area contributed by atoms with Crippen LogP contribution in [0, 0.1) is 5.82 Å². The van der Waals surface area contributed by atoms with E-state index in [0.29, 0.717) is 17.2 Å². The standard InChI is InChI=1S/C29H32ClFN2O2S/c1-3-21(2)32-29(35)27(17-22-8-5-4-6-9-22)33(18-24-10-7-11-25(30)16-24)28(34)20-36-19-23-12-14-26(31)15-13-23/h4-16,21,27H,3,17-20H2,1-2H3,(H,32,35)/t21-,27+/m1/s1. The molecular weight excluding hydrogens is 495 g/mol. The SMILES string of the molecule is CC[C@@H](C)NC(=O)[C@H](Cc1ccccc1)N(Cc1cccc(Cl)c1)C(=O)CSCc1ccc(F)cc1. The summed E-state index contributed by atoms with van der Waals surface area (Å²) in [7, 11) is 0. The third-order valence-electron chi connectivity index (χ3n) is 5.92. The van der Waals surface area contributed by atoms with Crippen LogP contribution in [0.3, 0.4) is 0 Å². The molecule has 0 bridgehead atoms. The molecule has 0 aliphatic rings. The summed E-state index contributed by atoms with van der Waals surface area (Å²) in [6, 6.07) is 22.7. The van der Waals surface area contributed by atoms with Gasteiger partial charge in [0.1, 0.15) is 11.9 Å². The maximum atomic E-state index is 13.6. The van der Waals surface area contributed by atoms with Crippen molar-refractivity contribution in [1.82, 2.24) is 10.2 Å². The Morgan fingerprint density at radius 1 is 0.972 bits per heavy atom. The molecule has 3 aromatic rings. The molecule has 0 saturated heterocycles. The average Bonchev–Trinajstić information content (AvgIpc) is 2.87. The molecule has 1 N–H and O–H groups in total. The molecule has 0 radical (unpaired) electrons. The molecule has 0 heterocycles. The topological polar surface area (TPSA) is 49.4 Å². The van der Waals surface area contributed by atoms with Crippen molar-refractivity contribution < 1.29 is 14.0 Å². The molecule has 0 aliphatic heterocycles. The Kier molecular flexibility index (Phi) is 10.8. The predicted octanol–water partition coefficient (Wildman–Crippen LogP) is 6.27. The molecule has 0 saturated carbocycles. The van der Waals surface area contributed by atoms with E-state index in [-0.39, 0.29) is 36.0 Å². The van der Waals surface area contributed by atoms with Crippen molar-refractivity contribution in [3.05, 3.63) is 106 Å². The van der Waals surface area contributed by atoms with Crippen molar-refractivity contribution in [3.63, 3.8) is 0 Å². The molecule has 4 nitrogen and oxygen atoms in total. The number of nitrogens with one attached hydrogen (secondary N) is 1. The zero-order valence-corrected chi connectivity index (χ0v) is 22.2. The quantitative estimate of drug-likeness (QED) is 0.303. The summed E-state index contributed by atoms with van der Waals surface area (Å²) in [6.45, 7) is 4.24. The van der Waals surface area contributed by atoms with Crippen LogP contribution in [-0.2, 0) is 28.3 Å². The zero-order chi connectivity index (χ0) is 25.9. The zero-order valence-electron chi connectivity index (χ0n) is 20.6. The van der Waals surface area contributed by atoms with E-state index in [4.69, 9.17) is 11.6 Å². The number of nitrogens with zero attached hydrogens (tertiary/aromatic N) is 1. The molecule has 3 aromatic carbocycles. The normalized spacial score (nSPS) is 12.6. The van der Waals surface area contributed by atoms with Crippen LogP contribution in [-0.4, -0.2) is 34.6 Å². The van der Waals surface area contributed by atoms with Gasteiger partial charge in [0.15, 0.2) is 0 Å². The first-order chi connectivity index (χ1) is 17.4. The largest absolute Gasteiger partial charge is 0.352 e. The van der Waals surface area contributed by atoms with Crippen LogP contribution in [0.25, 0.3) is 0 Å². The molecule has 2 amide bonds. The number of benzene rings is 3. The van der Waals surface area contributed by atoms with Gasteiger partial charge in [-0.25, -0.2) is 4.39 Å². The van der Waals surface area contributed by atoms with Gasteiger partial charge in [0.05, 0.1) is 5.75 Å². The van der Waals surface area contributed by atoms with Gasteiger partial charge < -0.3 is 10.2 Å². The minimum Gasteiger partial charge on any atom is -0.352 e. The smallest absolute Gasteiger partial charge is 0.243 e. The van der Waals surface area contributed by atoms with Gasteiger partial charge in [0.25, 0.3) is 0 Å². The van der Waals surface area contributed by atoms with Crippen molar-refractivity contribution in [2.24, 2.45) is 0 Å². The third-order valence-corrected chi connectivity index (χ3v) is 7.15. The Bertz CT molecular complexity index is 1130. The fourth-order valence-corrected chi connectivity index (χ4v) is 4.83. The van der Waals surface area contributed by atoms with E-state index >= 15 is 0 Å². The Hall–Kier alpha value is -2.83. The molecule has 3 rings (SSSR count). The highest BCUT2D eigenvalue weighted by atomic mass is 35.5. The predicted molar refractivity (Wildman–Crippen MR) is 146 cm³/mol. The summed E-state index contributed by atoms with van der Waals surface area (Å²) in [5.74, 6) is 0.164. The van der Waals surface area contributed by atoms with Crippen LogP contribution in [0.5, 0.6) is 0 Å². The Balaban J connectivity index is 1.85. The maximum Gasteiger partial charge on any atom is 0.243 e. The summed E-state index contributed by atoms with van der Waals surface area (Å²) in [4.78, 5) is 28.7. The van der Waals surface area contributed by atoms with Crippen molar-refractivity contribution in [2.75, 3.05) is 5.75 Å². The van der Waals surface area contributed by atoms with Crippen molar-refractivity contribution in [2.45, 2.75) is 51.1 Å². The Labute approximate surface area is 222 Å². The van der Waals surface area contributed by atoms with Crippen molar-refractivity contribution in [1.29, 1.82) is 0 Å². The van der Waals surface area contributed by atoms with E-state index in [1.165, 1.54) is 23.9 Å². The number of halogens is 2. The minimum atomic E-state index is -0.681. The number of amides is 2. The van der Waals surface area contributed by atoms with Crippen LogP contribution in [0.15, 0.2) is 78.9 Å². The van der Waals surface area contributed by atoms with Crippen molar-refractivity contribution >= 4 is 35.2 Å². The van der Waals surface area contributed by atoms with Crippen LogP contribution in [0.2, 0.25) is 5.02 Å². The lowest BCUT2D eigenvalue weighted by atomic mass is 10.0. The highest BCUT2D eigenvalue weighted by molar-refractivity contribution is 7.99. The van der Waals surface area contributed by atoms with Gasteiger partial charge in [-0.2, -0.15) is 0 Å². The van der Waals surface area contributed by atoms with Gasteiger partial charge in [0, 0.05) is 29.8 Å². The fourth-order valence-electron chi connectivity index (χ4n) is 3.75. The molecule has 36 heavy (non-hydrogen) atoms. The summed E-state index contributed by atoms with van der Waals surface area (Å²) in [5.41, 5.74) is 2.77. The number of carbonyl (C=O) groups is 2. The second kappa shape index (κ2) is 14.0. The van der Waals surface area contributed by atoms with Gasteiger partial charge in [-0.05, 0) is 54.3 Å². The van der Waals surface area contributed by atoms with Gasteiger partial charge in [-0.15, -0.1) is 11.8 Å². The van der Waals surface area contributed by atoms with Gasteiger partial charge in [-0.3, -0.25) is 9.59 Å². The van der Waals surface area contributed by atoms with E-state index in [2.05, 4.69) is 5.32 Å². The molecule has 190 valence electrons. The molecule has 7 heteroatoms. The van der Waals surface area contributed by atoms with Gasteiger partial charge >= 0.3 is 0 Å². The van der Waals surface area contributed by atoms with Crippen LogP contribution in [0.4, 0.5) is 4.39 Å². The lowest BCUT2D eigenvalue weighted by Gasteiger charge is -2.32. The maximum absolute atomic E-state index is 13.6. The summed E-state index contributed by atoms with van der Waals surface area (Å²) < 4.78 is 13.2. The first kappa shape index (κ1) is 27.8. The van der Waals surface area contributed by atoms with Gasteiger partial charge in [-0.1, -0.05) is 73.1 Å². The van der Waals surface area contributed by atoms with E-state index in [1.807, 2.05) is 62.4 Å². The van der Waals surface area contributed by atoms with E-state index < -0.39 is 6.04 Å². The van der Waals surface area contributed by atoms with Crippen LogP contribution < -0.4 is 5.32 Å². The molecule has 0 spiro atoms.